The molecule has 21 heavy (non-hydrogen) atoms. The van der Waals surface area contributed by atoms with Gasteiger partial charge in [0.1, 0.15) is 11.5 Å². The van der Waals surface area contributed by atoms with Crippen molar-refractivity contribution in [2.24, 2.45) is 0 Å². The van der Waals surface area contributed by atoms with Crippen molar-refractivity contribution >= 4 is 43.5 Å². The molecule has 0 aliphatic carbocycles. The third-order valence-corrected chi connectivity index (χ3v) is 4.34. The van der Waals surface area contributed by atoms with E-state index in [1.165, 1.54) is 0 Å². The predicted octanol–water partition coefficient (Wildman–Crippen LogP) is 6.16. The zero-order valence-electron chi connectivity index (χ0n) is 11.8. The Balaban J connectivity index is 2.28. The molecule has 0 aromatic heterocycles. The number of halogens is 3. The van der Waals surface area contributed by atoms with E-state index in [1.54, 1.807) is 0 Å². The quantitative estimate of drug-likeness (QED) is 0.610. The molecule has 0 radical (unpaired) electrons. The lowest BCUT2D eigenvalue weighted by Crippen LogP contribution is -2.22. The maximum atomic E-state index is 6.30. The van der Waals surface area contributed by atoms with Crippen molar-refractivity contribution in [1.82, 2.24) is 5.32 Å². The van der Waals surface area contributed by atoms with Gasteiger partial charge in [0.25, 0.3) is 0 Å². The number of hydrogen-bond acceptors (Lipinski definition) is 2. The highest BCUT2D eigenvalue weighted by Gasteiger charge is 2.11. The van der Waals surface area contributed by atoms with Crippen molar-refractivity contribution in [2.75, 3.05) is 0 Å². The van der Waals surface area contributed by atoms with Crippen molar-refractivity contribution in [3.63, 3.8) is 0 Å². The monoisotopic (exact) mass is 431 g/mol. The predicted molar refractivity (Wildman–Crippen MR) is 95.3 cm³/mol. The Morgan fingerprint density at radius 1 is 1.14 bits per heavy atom. The highest BCUT2D eigenvalue weighted by molar-refractivity contribution is 9.11. The largest absolute Gasteiger partial charge is 0.456 e. The summed E-state index contributed by atoms with van der Waals surface area (Å²) in [6, 6.07) is 11.9. The number of hydrogen-bond donors (Lipinski definition) is 1. The van der Waals surface area contributed by atoms with Gasteiger partial charge in [0, 0.05) is 27.6 Å². The standard InChI is InChI=1S/C16H16Br2ClNO/c1-10(2)20-9-12-14(19)4-3-5-15(12)21-16-7-6-11(17)8-13(16)18/h3-8,10,20H,9H2,1-2H3. The molecule has 0 aliphatic rings. The van der Waals surface area contributed by atoms with Crippen LogP contribution >= 0.6 is 43.5 Å². The fourth-order valence-corrected chi connectivity index (χ4v) is 3.15. The van der Waals surface area contributed by atoms with Gasteiger partial charge < -0.3 is 10.1 Å². The van der Waals surface area contributed by atoms with Crippen LogP contribution in [0.4, 0.5) is 0 Å². The zero-order chi connectivity index (χ0) is 15.4. The second-order valence-corrected chi connectivity index (χ2v) is 7.11. The van der Waals surface area contributed by atoms with Gasteiger partial charge in [0.05, 0.1) is 4.47 Å². The summed E-state index contributed by atoms with van der Waals surface area (Å²) >= 11 is 13.2. The van der Waals surface area contributed by atoms with Gasteiger partial charge in [-0.15, -0.1) is 0 Å². The van der Waals surface area contributed by atoms with Crippen molar-refractivity contribution in [3.8, 4) is 11.5 Å². The van der Waals surface area contributed by atoms with Crippen LogP contribution in [-0.4, -0.2) is 6.04 Å². The summed E-state index contributed by atoms with van der Waals surface area (Å²) in [7, 11) is 0. The van der Waals surface area contributed by atoms with Gasteiger partial charge >= 0.3 is 0 Å². The molecule has 1 N–H and O–H groups in total. The van der Waals surface area contributed by atoms with E-state index in [0.29, 0.717) is 17.6 Å². The van der Waals surface area contributed by atoms with Gasteiger partial charge in [-0.25, -0.2) is 0 Å². The summed E-state index contributed by atoms with van der Waals surface area (Å²) in [4.78, 5) is 0. The fourth-order valence-electron chi connectivity index (χ4n) is 1.79. The normalized spacial score (nSPS) is 11.0. The lowest BCUT2D eigenvalue weighted by molar-refractivity contribution is 0.467. The third-order valence-electron chi connectivity index (χ3n) is 2.88. The van der Waals surface area contributed by atoms with Crippen LogP contribution in [0.1, 0.15) is 19.4 Å². The molecule has 0 atom stereocenters. The molecule has 0 saturated carbocycles. The van der Waals surface area contributed by atoms with E-state index < -0.39 is 0 Å². The molecule has 0 fully saturated rings. The van der Waals surface area contributed by atoms with Crippen LogP contribution < -0.4 is 10.1 Å². The summed E-state index contributed by atoms with van der Waals surface area (Å²) in [5.41, 5.74) is 0.961. The molecule has 0 unspecified atom stereocenters. The van der Waals surface area contributed by atoms with Crippen LogP contribution in [-0.2, 0) is 6.54 Å². The molecule has 0 heterocycles. The Bertz CT molecular complexity index is 632. The van der Waals surface area contributed by atoms with Crippen LogP contribution in [0.5, 0.6) is 11.5 Å². The molecule has 2 aromatic carbocycles. The molecule has 112 valence electrons. The highest BCUT2D eigenvalue weighted by Crippen LogP contribution is 2.35. The maximum absolute atomic E-state index is 6.30. The van der Waals surface area contributed by atoms with Gasteiger partial charge in [0.2, 0.25) is 0 Å². The van der Waals surface area contributed by atoms with Crippen molar-refractivity contribution in [2.45, 2.75) is 26.4 Å². The molecule has 0 aliphatic heterocycles. The fraction of sp³-hybridized carbons (Fsp3) is 0.250. The minimum Gasteiger partial charge on any atom is -0.456 e. The number of rotatable bonds is 5. The first-order valence-electron chi connectivity index (χ1n) is 6.61. The molecule has 0 bridgehead atoms. The van der Waals surface area contributed by atoms with Gasteiger partial charge in [-0.05, 0) is 46.3 Å². The van der Waals surface area contributed by atoms with E-state index in [0.717, 1.165) is 26.0 Å². The zero-order valence-corrected chi connectivity index (χ0v) is 15.7. The van der Waals surface area contributed by atoms with Crippen molar-refractivity contribution in [3.05, 3.63) is 55.9 Å². The van der Waals surface area contributed by atoms with E-state index >= 15 is 0 Å². The molecule has 0 amide bonds. The lowest BCUT2D eigenvalue weighted by atomic mass is 10.2. The number of nitrogens with one attached hydrogen (secondary N) is 1. The van der Waals surface area contributed by atoms with Crippen LogP contribution in [0.2, 0.25) is 5.02 Å². The Hall–Kier alpha value is -0.550. The summed E-state index contributed by atoms with van der Waals surface area (Å²) in [6.45, 7) is 4.87. The Morgan fingerprint density at radius 2 is 1.90 bits per heavy atom. The first-order chi connectivity index (χ1) is 9.97. The van der Waals surface area contributed by atoms with Crippen LogP contribution in [0.3, 0.4) is 0 Å². The van der Waals surface area contributed by atoms with Gasteiger partial charge in [0.15, 0.2) is 0 Å². The maximum Gasteiger partial charge on any atom is 0.141 e. The molecule has 2 rings (SSSR count). The summed E-state index contributed by atoms with van der Waals surface area (Å²) in [6.07, 6.45) is 0. The minimum absolute atomic E-state index is 0.383. The van der Waals surface area contributed by atoms with E-state index in [9.17, 15) is 0 Å². The van der Waals surface area contributed by atoms with Gasteiger partial charge in [-0.2, -0.15) is 0 Å². The first kappa shape index (κ1) is 16.8. The van der Waals surface area contributed by atoms with Crippen LogP contribution in [0.15, 0.2) is 45.3 Å². The topological polar surface area (TPSA) is 21.3 Å². The number of benzene rings is 2. The van der Waals surface area contributed by atoms with E-state index in [1.807, 2.05) is 36.4 Å². The molecule has 5 heteroatoms. The average Bonchev–Trinajstić information content (AvgIpc) is 2.41. The van der Waals surface area contributed by atoms with E-state index in [-0.39, 0.29) is 0 Å². The number of ether oxygens (including phenoxy) is 1. The second-order valence-electron chi connectivity index (χ2n) is 4.93. The molecular weight excluding hydrogens is 417 g/mol. The Morgan fingerprint density at radius 3 is 2.57 bits per heavy atom. The van der Waals surface area contributed by atoms with E-state index in [2.05, 4.69) is 51.0 Å². The molecule has 0 spiro atoms. The minimum atomic E-state index is 0.383. The van der Waals surface area contributed by atoms with Gasteiger partial charge in [-0.3, -0.25) is 0 Å². The van der Waals surface area contributed by atoms with Crippen molar-refractivity contribution < 1.29 is 4.74 Å². The van der Waals surface area contributed by atoms with E-state index in [4.69, 9.17) is 16.3 Å². The highest BCUT2D eigenvalue weighted by atomic mass is 79.9. The molecule has 2 aromatic rings. The molecule has 0 saturated heterocycles. The SMILES string of the molecule is CC(C)NCc1c(Cl)cccc1Oc1ccc(Br)cc1Br. The summed E-state index contributed by atoms with van der Waals surface area (Å²) in [5.74, 6) is 1.52. The summed E-state index contributed by atoms with van der Waals surface area (Å²) < 4.78 is 7.90. The smallest absolute Gasteiger partial charge is 0.141 e. The van der Waals surface area contributed by atoms with Gasteiger partial charge in [-0.1, -0.05) is 47.4 Å². The van der Waals surface area contributed by atoms with Crippen LogP contribution in [0, 0.1) is 0 Å². The molecular formula is C16H16Br2ClNO. The molecule has 2 nitrogen and oxygen atoms in total. The Labute approximate surface area is 147 Å². The summed E-state index contributed by atoms with van der Waals surface area (Å²) in [5, 5.41) is 4.07. The van der Waals surface area contributed by atoms with Crippen molar-refractivity contribution in [1.29, 1.82) is 0 Å². The van der Waals surface area contributed by atoms with Crippen LogP contribution in [0.25, 0.3) is 0 Å². The Kier molecular flexibility index (Phi) is 6.11. The average molecular weight is 434 g/mol. The third kappa shape index (κ3) is 4.71. The lowest BCUT2D eigenvalue weighted by Gasteiger charge is -2.15. The first-order valence-corrected chi connectivity index (χ1v) is 8.57. The second kappa shape index (κ2) is 7.63.